The summed E-state index contributed by atoms with van der Waals surface area (Å²) in [5.41, 5.74) is 1.35. The molecular weight excluding hydrogens is 306 g/mol. The quantitative estimate of drug-likeness (QED) is 0.504. The van der Waals surface area contributed by atoms with Crippen LogP contribution in [0.5, 0.6) is 0 Å². The minimum absolute atomic E-state index is 0.404. The Balaban J connectivity index is 2.32. The van der Waals surface area contributed by atoms with E-state index in [9.17, 15) is 14.4 Å². The number of amides is 1. The Kier molecular flexibility index (Phi) is 5.32. The van der Waals surface area contributed by atoms with E-state index in [4.69, 9.17) is 9.84 Å². The zero-order valence-corrected chi connectivity index (χ0v) is 13.0. The third-order valence-electron chi connectivity index (χ3n) is 3.42. The molecule has 0 radical (unpaired) electrons. The highest BCUT2D eigenvalue weighted by atomic mass is 32.1. The topological polar surface area (TPSA) is 92.7 Å². The number of fused-ring (bicyclic) bond motifs is 1. The Labute approximate surface area is 131 Å². The van der Waals surface area contributed by atoms with Crippen molar-refractivity contribution in [3.8, 4) is 0 Å². The first kappa shape index (κ1) is 16.2. The molecule has 0 saturated heterocycles. The van der Waals surface area contributed by atoms with E-state index in [1.807, 2.05) is 0 Å². The van der Waals surface area contributed by atoms with Crippen LogP contribution in [0, 0.1) is 0 Å². The number of methoxy groups -OCH3 is 1. The maximum absolute atomic E-state index is 12.0. The lowest BCUT2D eigenvalue weighted by atomic mass is 10.1. The molecule has 0 atom stereocenters. The highest BCUT2D eigenvalue weighted by Gasteiger charge is 2.25. The summed E-state index contributed by atoms with van der Waals surface area (Å²) in [5.74, 6) is -2.26. The molecule has 0 spiro atoms. The summed E-state index contributed by atoms with van der Waals surface area (Å²) < 4.78 is 4.83. The fourth-order valence-electron chi connectivity index (χ4n) is 2.45. The first-order valence-corrected chi connectivity index (χ1v) is 7.79. The Bertz CT molecular complexity index is 632. The van der Waals surface area contributed by atoms with Crippen molar-refractivity contribution in [3.05, 3.63) is 28.2 Å². The van der Waals surface area contributed by atoms with E-state index in [0.717, 1.165) is 54.7 Å². The number of aryl methyl sites for hydroxylation is 1. The maximum Gasteiger partial charge on any atom is 0.341 e. The Morgan fingerprint density at radius 3 is 2.59 bits per heavy atom. The van der Waals surface area contributed by atoms with Crippen molar-refractivity contribution in [2.24, 2.45) is 0 Å². The van der Waals surface area contributed by atoms with Crippen molar-refractivity contribution in [3.63, 3.8) is 0 Å². The summed E-state index contributed by atoms with van der Waals surface area (Å²) in [7, 11) is 1.30. The second-order valence-corrected chi connectivity index (χ2v) is 6.03. The van der Waals surface area contributed by atoms with Crippen LogP contribution in [0.1, 0.15) is 40.1 Å². The van der Waals surface area contributed by atoms with E-state index in [1.165, 1.54) is 18.4 Å². The number of thiophene rings is 1. The van der Waals surface area contributed by atoms with Gasteiger partial charge < -0.3 is 15.2 Å². The monoisotopic (exact) mass is 323 g/mol. The van der Waals surface area contributed by atoms with Gasteiger partial charge in [-0.2, -0.15) is 0 Å². The molecule has 0 fully saturated rings. The van der Waals surface area contributed by atoms with Gasteiger partial charge in [-0.3, -0.25) is 4.79 Å². The molecule has 118 valence electrons. The van der Waals surface area contributed by atoms with Gasteiger partial charge in [0.05, 0.1) is 12.7 Å². The van der Waals surface area contributed by atoms with Crippen LogP contribution in [0.2, 0.25) is 0 Å². The van der Waals surface area contributed by atoms with Gasteiger partial charge >= 0.3 is 11.9 Å². The normalized spacial score (nSPS) is 14.2. The molecule has 0 aromatic carbocycles. The van der Waals surface area contributed by atoms with Gasteiger partial charge in [0, 0.05) is 17.0 Å². The number of ether oxygens (including phenoxy) is 1. The molecule has 1 aliphatic carbocycles. The van der Waals surface area contributed by atoms with E-state index >= 15 is 0 Å². The molecular formula is C15H17NO5S. The van der Waals surface area contributed by atoms with Gasteiger partial charge in [0.2, 0.25) is 5.91 Å². The lowest BCUT2D eigenvalue weighted by Crippen LogP contribution is -2.12. The number of esters is 1. The molecule has 6 nitrogen and oxygen atoms in total. The van der Waals surface area contributed by atoms with Gasteiger partial charge in [0.1, 0.15) is 5.00 Å². The molecule has 0 saturated carbocycles. The van der Waals surface area contributed by atoms with Crippen molar-refractivity contribution in [1.29, 1.82) is 0 Å². The molecule has 1 aromatic rings. The predicted molar refractivity (Wildman–Crippen MR) is 82.3 cm³/mol. The van der Waals surface area contributed by atoms with Crippen molar-refractivity contribution >= 4 is 34.2 Å². The molecule has 0 bridgehead atoms. The molecule has 0 aliphatic heterocycles. The third-order valence-corrected chi connectivity index (χ3v) is 4.63. The summed E-state index contributed by atoms with van der Waals surface area (Å²) in [6, 6.07) is 0. The third kappa shape index (κ3) is 3.73. The number of carbonyl (C=O) groups is 3. The molecule has 22 heavy (non-hydrogen) atoms. The first-order chi connectivity index (χ1) is 10.5. The van der Waals surface area contributed by atoms with Crippen LogP contribution in [-0.2, 0) is 27.2 Å². The van der Waals surface area contributed by atoms with Crippen LogP contribution in [0.15, 0.2) is 12.2 Å². The van der Waals surface area contributed by atoms with Gasteiger partial charge in [-0.15, -0.1) is 11.3 Å². The van der Waals surface area contributed by atoms with Crippen LogP contribution in [0.4, 0.5) is 5.00 Å². The largest absolute Gasteiger partial charge is 0.478 e. The molecule has 1 aromatic heterocycles. The minimum atomic E-state index is -1.20. The molecule has 1 aliphatic rings. The number of carboxylic acid groups (broad SMARTS) is 1. The molecule has 1 heterocycles. The molecule has 7 heteroatoms. The number of aliphatic carboxylic acids is 1. The number of hydrogen-bond acceptors (Lipinski definition) is 5. The Morgan fingerprint density at radius 1 is 1.18 bits per heavy atom. The zero-order chi connectivity index (χ0) is 16.1. The lowest BCUT2D eigenvalue weighted by Gasteiger charge is -2.05. The lowest BCUT2D eigenvalue weighted by molar-refractivity contribution is -0.131. The van der Waals surface area contributed by atoms with Crippen LogP contribution in [0.3, 0.4) is 0 Å². The number of carboxylic acids is 1. The number of anilines is 1. The summed E-state index contributed by atoms with van der Waals surface area (Å²) in [6.45, 7) is 0. The van der Waals surface area contributed by atoms with Gasteiger partial charge in [-0.05, 0) is 31.2 Å². The van der Waals surface area contributed by atoms with Crippen LogP contribution in [-0.4, -0.2) is 30.1 Å². The van der Waals surface area contributed by atoms with Gasteiger partial charge in [0.15, 0.2) is 0 Å². The van der Waals surface area contributed by atoms with E-state index < -0.39 is 17.8 Å². The molecule has 2 N–H and O–H groups in total. The molecule has 2 rings (SSSR count). The van der Waals surface area contributed by atoms with Crippen LogP contribution >= 0.6 is 11.3 Å². The number of nitrogens with one attached hydrogen (secondary N) is 1. The second-order valence-electron chi connectivity index (χ2n) is 4.92. The van der Waals surface area contributed by atoms with Crippen molar-refractivity contribution in [2.75, 3.05) is 12.4 Å². The minimum Gasteiger partial charge on any atom is -0.478 e. The Hall–Kier alpha value is -2.15. The van der Waals surface area contributed by atoms with Crippen molar-refractivity contribution < 1.29 is 24.2 Å². The van der Waals surface area contributed by atoms with Gasteiger partial charge in [0.25, 0.3) is 0 Å². The summed E-state index contributed by atoms with van der Waals surface area (Å²) in [5, 5.41) is 11.6. The van der Waals surface area contributed by atoms with Gasteiger partial charge in [-0.1, -0.05) is 6.42 Å². The van der Waals surface area contributed by atoms with Crippen molar-refractivity contribution in [2.45, 2.75) is 32.1 Å². The summed E-state index contributed by atoms with van der Waals surface area (Å²) in [6.07, 6.45) is 6.52. The average Bonchev–Trinajstić information content (AvgIpc) is 2.66. The highest BCUT2D eigenvalue weighted by Crippen LogP contribution is 2.37. The van der Waals surface area contributed by atoms with E-state index in [1.54, 1.807) is 0 Å². The highest BCUT2D eigenvalue weighted by molar-refractivity contribution is 7.17. The first-order valence-electron chi connectivity index (χ1n) is 6.97. The SMILES string of the molecule is COC(=O)c1c(NC(=O)C=CC(=O)O)sc2c1CCCCC2. The smallest absolute Gasteiger partial charge is 0.341 e. The zero-order valence-electron chi connectivity index (χ0n) is 12.2. The summed E-state index contributed by atoms with van der Waals surface area (Å²) in [4.78, 5) is 35.3. The maximum atomic E-state index is 12.0. The van der Waals surface area contributed by atoms with Crippen molar-refractivity contribution in [1.82, 2.24) is 0 Å². The molecule has 1 amide bonds. The fourth-order valence-corrected chi connectivity index (χ4v) is 3.73. The van der Waals surface area contributed by atoms with Crippen LogP contribution < -0.4 is 5.32 Å². The standard InChI is InChI=1S/C15H17NO5S/c1-21-15(20)13-9-5-3-2-4-6-10(9)22-14(13)16-11(17)7-8-12(18)19/h7-8H,2-6H2,1H3,(H,16,17)(H,18,19). The molecule has 0 unspecified atom stereocenters. The number of carbonyl (C=O) groups excluding carboxylic acids is 2. The van der Waals surface area contributed by atoms with E-state index in [2.05, 4.69) is 5.32 Å². The average molecular weight is 323 g/mol. The number of rotatable bonds is 4. The predicted octanol–water partition coefficient (Wildman–Crippen LogP) is 2.38. The Morgan fingerprint density at radius 2 is 1.91 bits per heavy atom. The van der Waals surface area contributed by atoms with E-state index in [-0.39, 0.29) is 0 Å². The second kappa shape index (κ2) is 7.22. The summed E-state index contributed by atoms with van der Waals surface area (Å²) >= 11 is 1.37. The number of hydrogen-bond donors (Lipinski definition) is 2. The fraction of sp³-hybridized carbons (Fsp3) is 0.400. The van der Waals surface area contributed by atoms with Gasteiger partial charge in [-0.25, -0.2) is 9.59 Å². The van der Waals surface area contributed by atoms with E-state index in [0.29, 0.717) is 10.6 Å². The van der Waals surface area contributed by atoms with Crippen LogP contribution in [0.25, 0.3) is 0 Å².